The highest BCUT2D eigenvalue weighted by Gasteiger charge is 2.19. The van der Waals surface area contributed by atoms with E-state index in [4.69, 9.17) is 5.11 Å². The Kier molecular flexibility index (Phi) is 5.62. The van der Waals surface area contributed by atoms with Gasteiger partial charge in [0.2, 0.25) is 5.91 Å². The number of amides is 1. The van der Waals surface area contributed by atoms with Gasteiger partial charge < -0.3 is 10.4 Å². The highest BCUT2D eigenvalue weighted by molar-refractivity contribution is 9.25. The number of carboxylic acid groups (broad SMARTS) is 1. The van der Waals surface area contributed by atoms with Gasteiger partial charge in [-0.1, -0.05) is 47.8 Å². The van der Waals surface area contributed by atoms with E-state index in [-0.39, 0.29) is 11.3 Å². The zero-order valence-corrected chi connectivity index (χ0v) is 14.4. The minimum Gasteiger partial charge on any atom is -0.478 e. The first kappa shape index (κ1) is 15.1. The number of halogens is 4. The fourth-order valence-electron chi connectivity index (χ4n) is 1.05. The van der Waals surface area contributed by atoms with Crippen LogP contribution in [0, 0.1) is 0 Å². The third kappa shape index (κ3) is 4.04. The zero-order chi connectivity index (χ0) is 13.2. The van der Waals surface area contributed by atoms with Crippen LogP contribution in [0.2, 0.25) is 0 Å². The number of anilines is 1. The molecule has 0 spiro atoms. The van der Waals surface area contributed by atoms with Crippen LogP contribution < -0.4 is 5.32 Å². The highest BCUT2D eigenvalue weighted by Crippen LogP contribution is 2.31. The van der Waals surface area contributed by atoms with Gasteiger partial charge in [0, 0.05) is 8.95 Å². The molecule has 0 aliphatic heterocycles. The van der Waals surface area contributed by atoms with Crippen LogP contribution in [-0.2, 0) is 4.79 Å². The number of carbonyl (C=O) groups excluding carboxylic acids is 1. The van der Waals surface area contributed by atoms with E-state index >= 15 is 0 Å². The normalized spacial score (nSPS) is 10.4. The lowest BCUT2D eigenvalue weighted by Crippen LogP contribution is -2.20. The molecule has 0 aliphatic carbocycles. The SMILES string of the molecule is O=C(O)c1cc(Br)cc(Br)c1NC(=O)C(Br)Br. The molecule has 0 aliphatic rings. The monoisotopic (exact) mass is 491 g/mol. The van der Waals surface area contributed by atoms with Crippen molar-refractivity contribution in [1.29, 1.82) is 0 Å². The maximum Gasteiger partial charge on any atom is 0.337 e. The Bertz CT molecular complexity index is 476. The van der Waals surface area contributed by atoms with E-state index < -0.39 is 15.6 Å². The molecule has 8 heteroatoms. The molecule has 17 heavy (non-hydrogen) atoms. The van der Waals surface area contributed by atoms with Crippen LogP contribution in [0.4, 0.5) is 5.69 Å². The molecule has 4 nitrogen and oxygen atoms in total. The van der Waals surface area contributed by atoms with Gasteiger partial charge in [-0.05, 0) is 28.1 Å². The van der Waals surface area contributed by atoms with E-state index in [1.807, 2.05) is 0 Å². The Morgan fingerprint density at radius 3 is 2.29 bits per heavy atom. The Labute approximate surface area is 131 Å². The lowest BCUT2D eigenvalue weighted by Gasteiger charge is -2.11. The van der Waals surface area contributed by atoms with Gasteiger partial charge in [0.1, 0.15) is 3.74 Å². The van der Waals surface area contributed by atoms with Gasteiger partial charge in [-0.25, -0.2) is 4.79 Å². The molecule has 1 rings (SSSR count). The van der Waals surface area contributed by atoms with Crippen LogP contribution in [0.15, 0.2) is 21.1 Å². The first-order valence-corrected chi connectivity index (χ1v) is 7.56. The predicted octanol–water partition coefficient (Wildman–Crippen LogP) is 3.96. The summed E-state index contributed by atoms with van der Waals surface area (Å²) in [4.78, 5) is 22.6. The Balaban J connectivity index is 3.22. The number of hydrogen-bond donors (Lipinski definition) is 2. The second-order valence-corrected chi connectivity index (χ2v) is 7.74. The van der Waals surface area contributed by atoms with Crippen LogP contribution >= 0.6 is 63.7 Å². The number of nitrogens with one attached hydrogen (secondary N) is 1. The third-order valence-corrected chi connectivity index (χ3v) is 3.65. The molecule has 0 atom stereocenters. The van der Waals surface area contributed by atoms with Gasteiger partial charge in [0.15, 0.2) is 0 Å². The number of alkyl halides is 2. The van der Waals surface area contributed by atoms with Gasteiger partial charge >= 0.3 is 5.97 Å². The second-order valence-electron chi connectivity index (χ2n) is 2.91. The maximum atomic E-state index is 11.5. The van der Waals surface area contributed by atoms with Crippen molar-refractivity contribution in [3.63, 3.8) is 0 Å². The largest absolute Gasteiger partial charge is 0.478 e. The number of rotatable bonds is 3. The van der Waals surface area contributed by atoms with E-state index in [2.05, 4.69) is 69.0 Å². The van der Waals surface area contributed by atoms with Crippen molar-refractivity contribution < 1.29 is 14.7 Å². The molecule has 2 N–H and O–H groups in total. The maximum absolute atomic E-state index is 11.5. The molecule has 0 saturated heterocycles. The lowest BCUT2D eigenvalue weighted by molar-refractivity contribution is -0.114. The molecule has 0 bridgehead atoms. The van der Waals surface area contributed by atoms with Crippen molar-refractivity contribution in [1.82, 2.24) is 0 Å². The summed E-state index contributed by atoms with van der Waals surface area (Å²) in [7, 11) is 0. The fourth-order valence-corrected chi connectivity index (χ4v) is 2.60. The van der Waals surface area contributed by atoms with Gasteiger partial charge in [0.25, 0.3) is 0 Å². The third-order valence-electron chi connectivity index (χ3n) is 1.73. The summed E-state index contributed by atoms with van der Waals surface area (Å²) in [6, 6.07) is 3.07. The molecular weight excluding hydrogens is 490 g/mol. The zero-order valence-electron chi connectivity index (χ0n) is 8.01. The summed E-state index contributed by atoms with van der Waals surface area (Å²) < 4.78 is 0.500. The molecule has 0 fully saturated rings. The molecule has 0 aromatic heterocycles. The number of carboxylic acids is 1. The van der Waals surface area contributed by atoms with Crippen LogP contribution in [0.5, 0.6) is 0 Å². The number of aromatic carboxylic acids is 1. The molecule has 1 aromatic carbocycles. The molecular formula is C9H5Br4NO3. The summed E-state index contributed by atoms with van der Waals surface area (Å²) in [6.45, 7) is 0. The van der Waals surface area contributed by atoms with Crippen molar-refractivity contribution in [2.24, 2.45) is 0 Å². The molecule has 0 heterocycles. The van der Waals surface area contributed by atoms with E-state index in [1.165, 1.54) is 6.07 Å². The topological polar surface area (TPSA) is 66.4 Å². The number of hydrogen-bond acceptors (Lipinski definition) is 2. The fraction of sp³-hybridized carbons (Fsp3) is 0.111. The van der Waals surface area contributed by atoms with Gasteiger partial charge in [-0.2, -0.15) is 0 Å². The average Bonchev–Trinajstić information content (AvgIpc) is 2.20. The first-order chi connectivity index (χ1) is 7.82. The van der Waals surface area contributed by atoms with Crippen LogP contribution in [0.25, 0.3) is 0 Å². The summed E-state index contributed by atoms with van der Waals surface area (Å²) in [5.74, 6) is -1.52. The van der Waals surface area contributed by atoms with Gasteiger partial charge in [-0.15, -0.1) is 0 Å². The Morgan fingerprint density at radius 2 is 1.82 bits per heavy atom. The number of carbonyl (C=O) groups is 2. The molecule has 92 valence electrons. The first-order valence-electron chi connectivity index (χ1n) is 4.14. The van der Waals surface area contributed by atoms with E-state index in [1.54, 1.807) is 6.07 Å². The van der Waals surface area contributed by atoms with Crippen LogP contribution in [0.3, 0.4) is 0 Å². The lowest BCUT2D eigenvalue weighted by atomic mass is 10.2. The van der Waals surface area contributed by atoms with Crippen molar-refractivity contribution in [3.05, 3.63) is 26.6 Å². The summed E-state index contributed by atoms with van der Waals surface area (Å²) in [6.07, 6.45) is 0. The molecule has 0 radical (unpaired) electrons. The second kappa shape index (κ2) is 6.31. The number of benzene rings is 1. The average molecular weight is 495 g/mol. The van der Waals surface area contributed by atoms with Crippen molar-refractivity contribution in [2.75, 3.05) is 5.32 Å². The van der Waals surface area contributed by atoms with Crippen LogP contribution in [0.1, 0.15) is 10.4 Å². The smallest absolute Gasteiger partial charge is 0.337 e. The molecule has 1 aromatic rings. The Hall–Kier alpha value is 0.0800. The predicted molar refractivity (Wildman–Crippen MR) is 79.1 cm³/mol. The van der Waals surface area contributed by atoms with Crippen molar-refractivity contribution in [2.45, 2.75) is 3.74 Å². The van der Waals surface area contributed by atoms with Crippen molar-refractivity contribution >= 4 is 81.3 Å². The standard InChI is InChI=1S/C9H5Br4NO3/c10-3-1-4(9(16)17)6(5(11)2-3)14-8(15)7(12)13/h1-2,7H,(H,14,15)(H,16,17). The van der Waals surface area contributed by atoms with Gasteiger partial charge in [-0.3, -0.25) is 4.79 Å². The van der Waals surface area contributed by atoms with Gasteiger partial charge in [0.05, 0.1) is 11.3 Å². The summed E-state index contributed by atoms with van der Waals surface area (Å²) in [5, 5.41) is 11.6. The summed E-state index contributed by atoms with van der Waals surface area (Å²) >= 11 is 12.5. The van der Waals surface area contributed by atoms with E-state index in [0.29, 0.717) is 8.95 Å². The minimum absolute atomic E-state index is 0.000231. The summed E-state index contributed by atoms with van der Waals surface area (Å²) in [5.41, 5.74) is 0.217. The Morgan fingerprint density at radius 1 is 1.24 bits per heavy atom. The highest BCUT2D eigenvalue weighted by atomic mass is 79.9. The van der Waals surface area contributed by atoms with Crippen molar-refractivity contribution in [3.8, 4) is 0 Å². The van der Waals surface area contributed by atoms with E-state index in [9.17, 15) is 9.59 Å². The molecule has 0 saturated carbocycles. The molecule has 1 amide bonds. The quantitative estimate of drug-likeness (QED) is 0.625. The minimum atomic E-state index is -1.12. The molecule has 0 unspecified atom stereocenters. The van der Waals surface area contributed by atoms with Crippen LogP contribution in [-0.4, -0.2) is 20.7 Å². The van der Waals surface area contributed by atoms with E-state index in [0.717, 1.165) is 0 Å².